The Labute approximate surface area is 96.5 Å². The fourth-order valence-electron chi connectivity index (χ4n) is 1.41. The highest BCUT2D eigenvalue weighted by Gasteiger charge is 2.21. The average Bonchev–Trinajstić information content (AvgIpc) is 2.30. The Morgan fingerprint density at radius 2 is 1.94 bits per heavy atom. The van der Waals surface area contributed by atoms with Crippen molar-refractivity contribution >= 4 is 15.7 Å². The third kappa shape index (κ3) is 2.51. The van der Waals surface area contributed by atoms with Gasteiger partial charge in [0.25, 0.3) is 0 Å². The van der Waals surface area contributed by atoms with Crippen LogP contribution in [0.3, 0.4) is 0 Å². The molecule has 0 unspecified atom stereocenters. The molecule has 1 rings (SSSR count). The fourth-order valence-corrected chi connectivity index (χ4v) is 2.86. The number of rotatable bonds is 5. The van der Waals surface area contributed by atoms with Crippen molar-refractivity contribution in [3.05, 3.63) is 18.5 Å². The van der Waals surface area contributed by atoms with E-state index >= 15 is 0 Å². The lowest BCUT2D eigenvalue weighted by molar-refractivity contribution is 0.445. The third-order valence-corrected chi connectivity index (χ3v) is 4.36. The van der Waals surface area contributed by atoms with Crippen molar-refractivity contribution in [3.63, 3.8) is 0 Å². The molecule has 1 N–H and O–H groups in total. The number of aromatic nitrogens is 1. The Balaban J connectivity index is 3.16. The van der Waals surface area contributed by atoms with Gasteiger partial charge < -0.3 is 5.32 Å². The Morgan fingerprint density at radius 1 is 1.31 bits per heavy atom. The molecule has 0 saturated carbocycles. The van der Waals surface area contributed by atoms with Crippen molar-refractivity contribution in [1.29, 1.82) is 0 Å². The third-order valence-electron chi connectivity index (χ3n) is 2.35. The lowest BCUT2D eigenvalue weighted by Gasteiger charge is -2.18. The van der Waals surface area contributed by atoms with Gasteiger partial charge in [-0.3, -0.25) is 4.98 Å². The van der Waals surface area contributed by atoms with Crippen LogP contribution in [0.2, 0.25) is 0 Å². The molecule has 0 saturated heterocycles. The first-order valence-electron chi connectivity index (χ1n) is 5.19. The van der Waals surface area contributed by atoms with E-state index in [-0.39, 0.29) is 4.90 Å². The molecule has 0 fully saturated rings. The van der Waals surface area contributed by atoms with E-state index in [1.807, 2.05) is 13.8 Å². The fraction of sp³-hybridized carbons (Fsp3) is 0.500. The summed E-state index contributed by atoms with van der Waals surface area (Å²) >= 11 is 0. The molecule has 0 spiro atoms. The maximum absolute atomic E-state index is 12.1. The van der Waals surface area contributed by atoms with Crippen molar-refractivity contribution in [2.24, 2.45) is 0 Å². The maximum atomic E-state index is 12.1. The molecular weight excluding hydrogens is 226 g/mol. The van der Waals surface area contributed by atoms with E-state index < -0.39 is 10.0 Å². The predicted molar refractivity (Wildman–Crippen MR) is 63.9 cm³/mol. The van der Waals surface area contributed by atoms with E-state index in [4.69, 9.17) is 0 Å². The molecule has 16 heavy (non-hydrogen) atoms. The molecule has 0 amide bonds. The van der Waals surface area contributed by atoms with Crippen LogP contribution < -0.4 is 5.32 Å². The van der Waals surface area contributed by atoms with Gasteiger partial charge in [-0.25, -0.2) is 8.42 Å². The standard InChI is InChI=1S/C10H17N3O2S/c1-4-13(5-2)16(14,15)10-6-9(11-3)7-12-8-10/h6-8,11H,4-5H2,1-3H3. The van der Waals surface area contributed by atoms with Crippen molar-refractivity contribution in [2.45, 2.75) is 18.7 Å². The van der Waals surface area contributed by atoms with Crippen LogP contribution in [0.1, 0.15) is 13.8 Å². The van der Waals surface area contributed by atoms with Crippen LogP contribution in [-0.4, -0.2) is 37.8 Å². The van der Waals surface area contributed by atoms with E-state index in [2.05, 4.69) is 10.3 Å². The molecule has 0 aromatic carbocycles. The van der Waals surface area contributed by atoms with Crippen LogP contribution in [0, 0.1) is 0 Å². The molecule has 0 bridgehead atoms. The number of pyridine rings is 1. The van der Waals surface area contributed by atoms with Gasteiger partial charge in [-0.05, 0) is 6.07 Å². The summed E-state index contributed by atoms with van der Waals surface area (Å²) in [5, 5.41) is 2.87. The predicted octanol–water partition coefficient (Wildman–Crippen LogP) is 1.15. The monoisotopic (exact) mass is 243 g/mol. The molecule has 90 valence electrons. The van der Waals surface area contributed by atoms with Gasteiger partial charge in [0.1, 0.15) is 4.90 Å². The highest BCUT2D eigenvalue weighted by molar-refractivity contribution is 7.89. The summed E-state index contributed by atoms with van der Waals surface area (Å²) in [7, 11) is -1.68. The Bertz CT molecular complexity index is 441. The van der Waals surface area contributed by atoms with Gasteiger partial charge in [0.15, 0.2) is 0 Å². The molecule has 0 aliphatic rings. The second kappa shape index (κ2) is 5.27. The van der Waals surface area contributed by atoms with Crippen molar-refractivity contribution in [2.75, 3.05) is 25.5 Å². The molecule has 1 aromatic rings. The van der Waals surface area contributed by atoms with Crippen LogP contribution >= 0.6 is 0 Å². The summed E-state index contributed by atoms with van der Waals surface area (Å²) in [6, 6.07) is 1.58. The second-order valence-electron chi connectivity index (χ2n) is 3.25. The summed E-state index contributed by atoms with van der Waals surface area (Å²) < 4.78 is 25.6. The molecule has 0 radical (unpaired) electrons. The maximum Gasteiger partial charge on any atom is 0.244 e. The summed E-state index contributed by atoms with van der Waals surface area (Å²) in [5.74, 6) is 0. The highest BCUT2D eigenvalue weighted by atomic mass is 32.2. The number of anilines is 1. The minimum atomic E-state index is -3.40. The first-order chi connectivity index (χ1) is 7.56. The van der Waals surface area contributed by atoms with Crippen molar-refractivity contribution in [1.82, 2.24) is 9.29 Å². The van der Waals surface area contributed by atoms with E-state index in [1.54, 1.807) is 19.3 Å². The van der Waals surface area contributed by atoms with Crippen LogP contribution in [0.25, 0.3) is 0 Å². The SMILES string of the molecule is CCN(CC)S(=O)(=O)c1cncc(NC)c1. The van der Waals surface area contributed by atoms with Crippen LogP contribution in [0.4, 0.5) is 5.69 Å². The van der Waals surface area contributed by atoms with E-state index in [0.717, 1.165) is 0 Å². The molecule has 0 atom stereocenters. The Morgan fingerprint density at radius 3 is 2.44 bits per heavy atom. The first-order valence-corrected chi connectivity index (χ1v) is 6.63. The van der Waals surface area contributed by atoms with E-state index in [9.17, 15) is 8.42 Å². The van der Waals surface area contributed by atoms with Crippen LogP contribution in [0.15, 0.2) is 23.4 Å². The summed E-state index contributed by atoms with van der Waals surface area (Å²) in [6.07, 6.45) is 2.95. The van der Waals surface area contributed by atoms with Gasteiger partial charge in [0, 0.05) is 26.3 Å². The zero-order chi connectivity index (χ0) is 12.2. The molecule has 0 aliphatic carbocycles. The Kier molecular flexibility index (Phi) is 4.26. The summed E-state index contributed by atoms with van der Waals surface area (Å²) in [5.41, 5.74) is 0.688. The van der Waals surface area contributed by atoms with Crippen LogP contribution in [-0.2, 0) is 10.0 Å². The van der Waals surface area contributed by atoms with Crippen molar-refractivity contribution < 1.29 is 8.42 Å². The molecule has 1 aromatic heterocycles. The second-order valence-corrected chi connectivity index (χ2v) is 5.19. The van der Waals surface area contributed by atoms with Gasteiger partial charge in [-0.2, -0.15) is 4.31 Å². The minimum absolute atomic E-state index is 0.225. The first kappa shape index (κ1) is 12.9. The number of sulfonamides is 1. The molecule has 5 nitrogen and oxygen atoms in total. The van der Waals surface area contributed by atoms with E-state index in [0.29, 0.717) is 18.8 Å². The summed E-state index contributed by atoms with van der Waals surface area (Å²) in [6.45, 7) is 4.55. The molecule has 1 heterocycles. The molecular formula is C10H17N3O2S. The lowest BCUT2D eigenvalue weighted by Crippen LogP contribution is -2.30. The van der Waals surface area contributed by atoms with Gasteiger partial charge in [0.05, 0.1) is 11.9 Å². The number of nitrogens with zero attached hydrogens (tertiary/aromatic N) is 2. The van der Waals surface area contributed by atoms with Gasteiger partial charge in [-0.1, -0.05) is 13.8 Å². The van der Waals surface area contributed by atoms with Gasteiger partial charge in [0.2, 0.25) is 10.0 Å². The quantitative estimate of drug-likeness (QED) is 0.842. The Hall–Kier alpha value is -1.14. The smallest absolute Gasteiger partial charge is 0.244 e. The van der Waals surface area contributed by atoms with Gasteiger partial charge in [-0.15, -0.1) is 0 Å². The minimum Gasteiger partial charge on any atom is -0.387 e. The highest BCUT2D eigenvalue weighted by Crippen LogP contribution is 2.17. The number of hydrogen-bond acceptors (Lipinski definition) is 4. The molecule has 6 heteroatoms. The van der Waals surface area contributed by atoms with Crippen LogP contribution in [0.5, 0.6) is 0 Å². The zero-order valence-corrected chi connectivity index (χ0v) is 10.6. The average molecular weight is 243 g/mol. The van der Waals surface area contributed by atoms with E-state index in [1.165, 1.54) is 10.5 Å². The number of nitrogens with one attached hydrogen (secondary N) is 1. The number of hydrogen-bond donors (Lipinski definition) is 1. The normalized spacial score (nSPS) is 11.8. The molecule has 0 aliphatic heterocycles. The zero-order valence-electron chi connectivity index (χ0n) is 9.77. The summed E-state index contributed by atoms with van der Waals surface area (Å²) in [4.78, 5) is 4.13. The van der Waals surface area contributed by atoms with Crippen molar-refractivity contribution in [3.8, 4) is 0 Å². The van der Waals surface area contributed by atoms with Gasteiger partial charge >= 0.3 is 0 Å². The topological polar surface area (TPSA) is 62.3 Å². The lowest BCUT2D eigenvalue weighted by atomic mass is 10.4. The largest absolute Gasteiger partial charge is 0.387 e.